The lowest BCUT2D eigenvalue weighted by atomic mass is 9.94. The van der Waals surface area contributed by atoms with Crippen molar-refractivity contribution >= 4 is 21.6 Å². The van der Waals surface area contributed by atoms with Crippen LogP contribution in [0.4, 0.5) is 0 Å². The van der Waals surface area contributed by atoms with Crippen molar-refractivity contribution in [3.63, 3.8) is 0 Å². The molecule has 0 radical (unpaired) electrons. The number of aryl methyl sites for hydroxylation is 1. The van der Waals surface area contributed by atoms with Crippen LogP contribution in [-0.4, -0.2) is 46.3 Å². The second kappa shape index (κ2) is 3.94. The standard InChI is InChI=1S/C9H14ClN3O3S/c1-3-9(14)5-13(6-9)17(15,16)8-7(10)4-11-12(8)2/h4,14H,3,5-6H2,1-2H3. The molecule has 96 valence electrons. The smallest absolute Gasteiger partial charge is 0.261 e. The minimum Gasteiger partial charge on any atom is -0.387 e. The van der Waals surface area contributed by atoms with Crippen molar-refractivity contribution in [2.24, 2.45) is 7.05 Å². The van der Waals surface area contributed by atoms with Crippen LogP contribution in [0, 0.1) is 0 Å². The van der Waals surface area contributed by atoms with E-state index in [0.717, 1.165) is 0 Å². The van der Waals surface area contributed by atoms with Crippen molar-refractivity contribution in [3.05, 3.63) is 11.2 Å². The molecular formula is C9H14ClN3O3S. The summed E-state index contributed by atoms with van der Waals surface area (Å²) < 4.78 is 26.8. The predicted molar refractivity (Wildman–Crippen MR) is 62.2 cm³/mol. The summed E-state index contributed by atoms with van der Waals surface area (Å²) in [6.07, 6.45) is 1.82. The molecule has 2 rings (SSSR count). The molecule has 1 saturated heterocycles. The summed E-state index contributed by atoms with van der Waals surface area (Å²) in [4.78, 5) is 0. The number of hydrogen-bond acceptors (Lipinski definition) is 4. The Morgan fingerprint density at radius 2 is 2.18 bits per heavy atom. The average Bonchev–Trinajstić information content (AvgIpc) is 2.54. The van der Waals surface area contributed by atoms with E-state index in [0.29, 0.717) is 6.42 Å². The summed E-state index contributed by atoms with van der Waals surface area (Å²) in [6, 6.07) is 0. The molecular weight excluding hydrogens is 266 g/mol. The number of aromatic nitrogens is 2. The van der Waals surface area contributed by atoms with Gasteiger partial charge in [-0.2, -0.15) is 9.40 Å². The van der Waals surface area contributed by atoms with Gasteiger partial charge in [0, 0.05) is 20.1 Å². The van der Waals surface area contributed by atoms with Gasteiger partial charge >= 0.3 is 0 Å². The quantitative estimate of drug-likeness (QED) is 0.859. The molecule has 0 aromatic carbocycles. The van der Waals surface area contributed by atoms with E-state index in [4.69, 9.17) is 11.6 Å². The molecule has 0 spiro atoms. The monoisotopic (exact) mass is 279 g/mol. The highest BCUT2D eigenvalue weighted by molar-refractivity contribution is 7.89. The zero-order chi connectivity index (χ0) is 12.8. The van der Waals surface area contributed by atoms with E-state index < -0.39 is 15.6 Å². The molecule has 1 fully saturated rings. The third-order valence-electron chi connectivity index (χ3n) is 3.03. The van der Waals surface area contributed by atoms with Crippen LogP contribution >= 0.6 is 11.6 Å². The zero-order valence-electron chi connectivity index (χ0n) is 9.59. The van der Waals surface area contributed by atoms with Gasteiger partial charge in [0.2, 0.25) is 0 Å². The Hall–Kier alpha value is -0.630. The molecule has 0 saturated carbocycles. The van der Waals surface area contributed by atoms with Crippen molar-refractivity contribution in [1.29, 1.82) is 0 Å². The van der Waals surface area contributed by atoms with Crippen LogP contribution in [0.1, 0.15) is 13.3 Å². The normalized spacial score (nSPS) is 20.2. The largest absolute Gasteiger partial charge is 0.387 e. The Kier molecular flexibility index (Phi) is 2.97. The lowest BCUT2D eigenvalue weighted by Gasteiger charge is -2.44. The fourth-order valence-electron chi connectivity index (χ4n) is 1.82. The van der Waals surface area contributed by atoms with Crippen molar-refractivity contribution in [1.82, 2.24) is 14.1 Å². The van der Waals surface area contributed by atoms with E-state index in [9.17, 15) is 13.5 Å². The Morgan fingerprint density at radius 3 is 2.59 bits per heavy atom. The molecule has 8 heteroatoms. The highest BCUT2D eigenvalue weighted by atomic mass is 35.5. The van der Waals surface area contributed by atoms with E-state index in [-0.39, 0.29) is 23.1 Å². The Labute approximate surface area is 105 Å². The zero-order valence-corrected chi connectivity index (χ0v) is 11.2. The van der Waals surface area contributed by atoms with Gasteiger partial charge in [0.1, 0.15) is 0 Å². The number of sulfonamides is 1. The van der Waals surface area contributed by atoms with Gasteiger partial charge in [0.25, 0.3) is 10.0 Å². The Balaban J connectivity index is 2.29. The van der Waals surface area contributed by atoms with Crippen LogP contribution in [-0.2, 0) is 17.1 Å². The Bertz CT molecular complexity index is 514. The first kappa shape index (κ1) is 12.8. The van der Waals surface area contributed by atoms with E-state index in [1.54, 1.807) is 0 Å². The van der Waals surface area contributed by atoms with E-state index in [1.807, 2.05) is 6.92 Å². The third-order valence-corrected chi connectivity index (χ3v) is 5.33. The van der Waals surface area contributed by atoms with Crippen LogP contribution < -0.4 is 0 Å². The summed E-state index contributed by atoms with van der Waals surface area (Å²) in [5.74, 6) is 0. The first-order valence-corrected chi connectivity index (χ1v) is 7.02. The van der Waals surface area contributed by atoms with Crippen LogP contribution in [0.25, 0.3) is 0 Å². The van der Waals surface area contributed by atoms with E-state index in [1.165, 1.54) is 22.2 Å². The molecule has 0 bridgehead atoms. The summed E-state index contributed by atoms with van der Waals surface area (Å²) in [5, 5.41) is 13.7. The molecule has 0 amide bonds. The number of rotatable bonds is 3. The van der Waals surface area contributed by atoms with Gasteiger partial charge in [-0.3, -0.25) is 4.68 Å². The van der Waals surface area contributed by atoms with Gasteiger partial charge in [0.05, 0.1) is 16.8 Å². The fourth-order valence-corrected chi connectivity index (χ4v) is 4.02. The maximum atomic E-state index is 12.2. The molecule has 1 aliphatic rings. The molecule has 1 aliphatic heterocycles. The van der Waals surface area contributed by atoms with Crippen molar-refractivity contribution in [2.75, 3.05) is 13.1 Å². The first-order valence-electron chi connectivity index (χ1n) is 5.20. The minimum atomic E-state index is -3.66. The summed E-state index contributed by atoms with van der Waals surface area (Å²) in [6.45, 7) is 2.03. The number of hydrogen-bond donors (Lipinski definition) is 1. The molecule has 0 aliphatic carbocycles. The SMILES string of the molecule is CCC1(O)CN(S(=O)(=O)c2c(Cl)cnn2C)C1. The van der Waals surface area contributed by atoms with Crippen LogP contribution in [0.2, 0.25) is 5.02 Å². The van der Waals surface area contributed by atoms with E-state index in [2.05, 4.69) is 5.10 Å². The topological polar surface area (TPSA) is 75.4 Å². The molecule has 0 atom stereocenters. The van der Waals surface area contributed by atoms with E-state index >= 15 is 0 Å². The van der Waals surface area contributed by atoms with Gasteiger partial charge < -0.3 is 5.11 Å². The maximum Gasteiger partial charge on any atom is 0.261 e. The molecule has 1 aromatic rings. The predicted octanol–water partition coefficient (Wildman–Crippen LogP) is 0.219. The number of nitrogens with zero attached hydrogens (tertiary/aromatic N) is 3. The lowest BCUT2D eigenvalue weighted by molar-refractivity contribution is -0.0615. The maximum absolute atomic E-state index is 12.2. The number of β-amino-alcohol motifs (C(OH)–C–C–N with tert-alkyl or cyclic N) is 1. The van der Waals surface area contributed by atoms with Crippen LogP contribution in [0.15, 0.2) is 11.2 Å². The summed E-state index contributed by atoms with van der Waals surface area (Å²) >= 11 is 5.81. The Morgan fingerprint density at radius 1 is 1.59 bits per heavy atom. The van der Waals surface area contributed by atoms with Gasteiger partial charge in [0.15, 0.2) is 5.03 Å². The summed E-state index contributed by atoms with van der Waals surface area (Å²) in [5.41, 5.74) is -0.905. The van der Waals surface area contributed by atoms with Gasteiger partial charge in [-0.1, -0.05) is 18.5 Å². The summed E-state index contributed by atoms with van der Waals surface area (Å²) in [7, 11) is -2.14. The highest BCUT2D eigenvalue weighted by Gasteiger charge is 2.47. The minimum absolute atomic E-state index is 0.0303. The lowest BCUT2D eigenvalue weighted by Crippen LogP contribution is -2.63. The molecule has 1 N–H and O–H groups in total. The first-order chi connectivity index (χ1) is 7.80. The number of halogens is 1. The van der Waals surface area contributed by atoms with Gasteiger partial charge in [-0.15, -0.1) is 0 Å². The van der Waals surface area contributed by atoms with Crippen molar-refractivity contribution < 1.29 is 13.5 Å². The van der Waals surface area contributed by atoms with Crippen LogP contribution in [0.3, 0.4) is 0 Å². The molecule has 6 nitrogen and oxygen atoms in total. The van der Waals surface area contributed by atoms with Crippen molar-refractivity contribution in [2.45, 2.75) is 24.0 Å². The highest BCUT2D eigenvalue weighted by Crippen LogP contribution is 2.32. The van der Waals surface area contributed by atoms with Gasteiger partial charge in [-0.05, 0) is 6.42 Å². The number of aliphatic hydroxyl groups is 1. The van der Waals surface area contributed by atoms with Gasteiger partial charge in [-0.25, -0.2) is 8.42 Å². The molecule has 1 aromatic heterocycles. The molecule has 17 heavy (non-hydrogen) atoms. The second-order valence-corrected chi connectivity index (χ2v) is 6.53. The molecule has 2 heterocycles. The van der Waals surface area contributed by atoms with Crippen LogP contribution in [0.5, 0.6) is 0 Å². The third kappa shape index (κ3) is 1.97. The average molecular weight is 280 g/mol. The molecule has 0 unspecified atom stereocenters. The van der Waals surface area contributed by atoms with Crippen molar-refractivity contribution in [3.8, 4) is 0 Å². The second-order valence-electron chi connectivity index (χ2n) is 4.27. The fraction of sp³-hybridized carbons (Fsp3) is 0.667.